The van der Waals surface area contributed by atoms with Crippen molar-refractivity contribution >= 4 is 11.8 Å². The molecular weight excluding hydrogens is 362 g/mol. The van der Waals surface area contributed by atoms with Crippen molar-refractivity contribution in [2.24, 2.45) is 0 Å². The van der Waals surface area contributed by atoms with E-state index in [4.69, 9.17) is 14.2 Å². The molecule has 0 unspecified atom stereocenters. The Labute approximate surface area is 166 Å². The molecule has 1 aliphatic rings. The Morgan fingerprint density at radius 2 is 1.79 bits per heavy atom. The first kappa shape index (κ1) is 22.0. The summed E-state index contributed by atoms with van der Waals surface area (Å²) in [6.45, 7) is 9.62. The maximum Gasteiger partial charge on any atom is 0.251 e. The lowest BCUT2D eigenvalue weighted by atomic mass is 10.2. The number of amides is 2. The third-order valence-electron chi connectivity index (χ3n) is 4.29. The number of morpholine rings is 1. The zero-order valence-corrected chi connectivity index (χ0v) is 16.8. The van der Waals surface area contributed by atoms with Crippen LogP contribution in [-0.4, -0.2) is 75.9 Å². The molecule has 2 N–H and O–H groups in total. The smallest absolute Gasteiger partial charge is 0.251 e. The molecule has 0 atom stereocenters. The van der Waals surface area contributed by atoms with Crippen LogP contribution in [0.3, 0.4) is 0 Å². The summed E-state index contributed by atoms with van der Waals surface area (Å²) in [5.41, 5.74) is 0.423. The minimum absolute atomic E-state index is 0.0619. The molecule has 1 saturated heterocycles. The van der Waals surface area contributed by atoms with Gasteiger partial charge in [-0.15, -0.1) is 0 Å². The maximum absolute atomic E-state index is 12.3. The largest absolute Gasteiger partial charge is 0.490 e. The summed E-state index contributed by atoms with van der Waals surface area (Å²) < 4.78 is 16.3. The lowest BCUT2D eigenvalue weighted by molar-refractivity contribution is -0.120. The molecule has 1 heterocycles. The first-order chi connectivity index (χ1) is 13.6. The van der Waals surface area contributed by atoms with Crippen LogP contribution >= 0.6 is 0 Å². The summed E-state index contributed by atoms with van der Waals surface area (Å²) in [6, 6.07) is 4.99. The van der Waals surface area contributed by atoms with E-state index in [2.05, 4.69) is 15.5 Å². The quantitative estimate of drug-likeness (QED) is 0.547. The van der Waals surface area contributed by atoms with E-state index in [0.717, 1.165) is 39.3 Å². The fraction of sp³-hybridized carbons (Fsp3) is 0.600. The Morgan fingerprint density at radius 1 is 1.07 bits per heavy atom. The highest BCUT2D eigenvalue weighted by atomic mass is 16.5. The molecule has 0 aliphatic carbocycles. The predicted octanol–water partition coefficient (Wildman–Crippen LogP) is 1.05. The molecule has 0 bridgehead atoms. The Kier molecular flexibility index (Phi) is 9.57. The molecule has 0 aromatic heterocycles. The molecule has 1 aromatic rings. The van der Waals surface area contributed by atoms with E-state index in [1.807, 2.05) is 13.8 Å². The van der Waals surface area contributed by atoms with E-state index >= 15 is 0 Å². The van der Waals surface area contributed by atoms with Crippen molar-refractivity contribution in [3.8, 4) is 11.5 Å². The van der Waals surface area contributed by atoms with Gasteiger partial charge >= 0.3 is 0 Å². The molecule has 0 radical (unpaired) electrons. The number of ether oxygens (including phenoxy) is 3. The number of carbonyl (C=O) groups excluding carboxylic acids is 2. The Balaban J connectivity index is 1.71. The molecule has 2 rings (SSSR count). The van der Waals surface area contributed by atoms with Crippen LogP contribution in [0, 0.1) is 0 Å². The molecule has 8 nitrogen and oxygen atoms in total. The second-order valence-electron chi connectivity index (χ2n) is 6.37. The zero-order chi connectivity index (χ0) is 20.2. The van der Waals surface area contributed by atoms with Gasteiger partial charge in [0.25, 0.3) is 5.91 Å². The van der Waals surface area contributed by atoms with Gasteiger partial charge in [0.1, 0.15) is 0 Å². The van der Waals surface area contributed by atoms with Crippen molar-refractivity contribution in [3.05, 3.63) is 23.8 Å². The topological polar surface area (TPSA) is 89.1 Å². The molecule has 0 spiro atoms. The lowest BCUT2D eigenvalue weighted by Gasteiger charge is -2.26. The maximum atomic E-state index is 12.3. The van der Waals surface area contributed by atoms with E-state index in [1.54, 1.807) is 18.2 Å². The lowest BCUT2D eigenvalue weighted by Crippen LogP contribution is -2.40. The molecular formula is C20H31N3O5. The van der Waals surface area contributed by atoms with Crippen LogP contribution in [0.5, 0.6) is 11.5 Å². The Hall–Kier alpha value is -2.32. The summed E-state index contributed by atoms with van der Waals surface area (Å²) in [4.78, 5) is 26.6. The second kappa shape index (κ2) is 12.2. The highest BCUT2D eigenvalue weighted by molar-refractivity contribution is 5.97. The molecule has 1 fully saturated rings. The number of carbonyl (C=O) groups is 2. The van der Waals surface area contributed by atoms with Crippen molar-refractivity contribution in [3.63, 3.8) is 0 Å². The van der Waals surface area contributed by atoms with E-state index in [9.17, 15) is 9.59 Å². The third kappa shape index (κ3) is 7.36. The van der Waals surface area contributed by atoms with Crippen LogP contribution in [0.4, 0.5) is 0 Å². The third-order valence-corrected chi connectivity index (χ3v) is 4.29. The normalized spacial score (nSPS) is 14.4. The molecule has 156 valence electrons. The van der Waals surface area contributed by atoms with Gasteiger partial charge < -0.3 is 24.8 Å². The van der Waals surface area contributed by atoms with Gasteiger partial charge in [0.2, 0.25) is 5.91 Å². The van der Waals surface area contributed by atoms with Crippen LogP contribution in [0.1, 0.15) is 30.6 Å². The van der Waals surface area contributed by atoms with Gasteiger partial charge in [-0.1, -0.05) is 0 Å². The van der Waals surface area contributed by atoms with E-state index in [1.165, 1.54) is 0 Å². The van der Waals surface area contributed by atoms with E-state index in [-0.39, 0.29) is 18.4 Å². The summed E-state index contributed by atoms with van der Waals surface area (Å²) in [5, 5.41) is 5.47. The number of hydrogen-bond donors (Lipinski definition) is 2. The van der Waals surface area contributed by atoms with Crippen molar-refractivity contribution in [1.82, 2.24) is 15.5 Å². The number of benzene rings is 1. The average molecular weight is 393 g/mol. The minimum Gasteiger partial charge on any atom is -0.490 e. The average Bonchev–Trinajstić information content (AvgIpc) is 2.72. The molecule has 2 amide bonds. The summed E-state index contributed by atoms with van der Waals surface area (Å²) in [5.74, 6) is 0.585. The first-order valence-electron chi connectivity index (χ1n) is 9.88. The summed E-state index contributed by atoms with van der Waals surface area (Å²) in [6.07, 6.45) is 0.871. The van der Waals surface area contributed by atoms with Crippen LogP contribution in [0.15, 0.2) is 18.2 Å². The van der Waals surface area contributed by atoms with Crippen LogP contribution in [0.2, 0.25) is 0 Å². The highest BCUT2D eigenvalue weighted by Crippen LogP contribution is 2.28. The fourth-order valence-electron chi connectivity index (χ4n) is 2.87. The molecule has 1 aliphatic heterocycles. The van der Waals surface area contributed by atoms with Crippen molar-refractivity contribution < 1.29 is 23.8 Å². The van der Waals surface area contributed by atoms with Crippen LogP contribution < -0.4 is 20.1 Å². The van der Waals surface area contributed by atoms with Gasteiger partial charge in [-0.05, 0) is 45.0 Å². The molecule has 1 aromatic carbocycles. The van der Waals surface area contributed by atoms with Gasteiger partial charge in [0.15, 0.2) is 11.5 Å². The van der Waals surface area contributed by atoms with E-state index < -0.39 is 0 Å². The van der Waals surface area contributed by atoms with Gasteiger partial charge in [-0.3, -0.25) is 14.5 Å². The van der Waals surface area contributed by atoms with Gasteiger partial charge in [-0.2, -0.15) is 0 Å². The molecule has 8 heteroatoms. The van der Waals surface area contributed by atoms with E-state index in [0.29, 0.717) is 36.8 Å². The van der Waals surface area contributed by atoms with Crippen molar-refractivity contribution in [2.75, 3.05) is 59.2 Å². The standard InChI is InChI=1S/C20H31N3O5/c1-3-27-17-7-6-16(14-18(17)28-4-2)20(25)22-15-19(24)21-8-5-9-23-10-12-26-13-11-23/h6-7,14H,3-5,8-13,15H2,1-2H3,(H,21,24)(H,22,25). The predicted molar refractivity (Wildman–Crippen MR) is 106 cm³/mol. The second-order valence-corrected chi connectivity index (χ2v) is 6.37. The number of hydrogen-bond acceptors (Lipinski definition) is 6. The highest BCUT2D eigenvalue weighted by Gasteiger charge is 2.13. The minimum atomic E-state index is -0.326. The summed E-state index contributed by atoms with van der Waals surface area (Å²) >= 11 is 0. The Morgan fingerprint density at radius 3 is 2.50 bits per heavy atom. The summed E-state index contributed by atoms with van der Waals surface area (Å²) in [7, 11) is 0. The number of nitrogens with zero attached hydrogens (tertiary/aromatic N) is 1. The van der Waals surface area contributed by atoms with Crippen molar-refractivity contribution in [1.29, 1.82) is 0 Å². The molecule has 0 saturated carbocycles. The fourth-order valence-corrected chi connectivity index (χ4v) is 2.87. The SMILES string of the molecule is CCOc1ccc(C(=O)NCC(=O)NCCCN2CCOCC2)cc1OCC. The monoisotopic (exact) mass is 393 g/mol. The Bertz CT molecular complexity index is 632. The van der Waals surface area contributed by atoms with Crippen LogP contribution in [0.25, 0.3) is 0 Å². The van der Waals surface area contributed by atoms with Gasteiger partial charge in [0.05, 0.1) is 33.0 Å². The molecule has 28 heavy (non-hydrogen) atoms. The first-order valence-corrected chi connectivity index (χ1v) is 9.88. The number of rotatable bonds is 11. The van der Waals surface area contributed by atoms with Crippen molar-refractivity contribution in [2.45, 2.75) is 20.3 Å². The van der Waals surface area contributed by atoms with Gasteiger partial charge in [0, 0.05) is 25.2 Å². The number of nitrogens with one attached hydrogen (secondary N) is 2. The van der Waals surface area contributed by atoms with Gasteiger partial charge in [-0.25, -0.2) is 0 Å². The zero-order valence-electron chi connectivity index (χ0n) is 16.8. The van der Waals surface area contributed by atoms with Crippen LogP contribution in [-0.2, 0) is 9.53 Å².